The zero-order valence-corrected chi connectivity index (χ0v) is 15.8. The number of carbonyl (C=O) groups excluding carboxylic acids is 1. The fraction of sp³-hybridized carbons (Fsp3) is 0.364. The molecular formula is C22H25NO5. The van der Waals surface area contributed by atoms with Gasteiger partial charge < -0.3 is 19.5 Å². The Morgan fingerprint density at radius 1 is 0.929 bits per heavy atom. The number of carbonyl (C=O) groups is 2. The van der Waals surface area contributed by atoms with E-state index in [2.05, 4.69) is 0 Å². The molecule has 28 heavy (non-hydrogen) atoms. The highest BCUT2D eigenvalue weighted by Crippen LogP contribution is 2.27. The van der Waals surface area contributed by atoms with Gasteiger partial charge in [-0.3, -0.25) is 9.59 Å². The van der Waals surface area contributed by atoms with Gasteiger partial charge in [0.2, 0.25) is 0 Å². The summed E-state index contributed by atoms with van der Waals surface area (Å²) in [6.45, 7) is 1.51. The lowest BCUT2D eigenvalue weighted by atomic mass is 9.94. The van der Waals surface area contributed by atoms with Crippen molar-refractivity contribution in [2.45, 2.75) is 25.9 Å². The molecule has 0 saturated carbocycles. The molecule has 1 saturated heterocycles. The molecule has 3 rings (SSSR count). The fourth-order valence-electron chi connectivity index (χ4n) is 3.29. The van der Waals surface area contributed by atoms with Crippen molar-refractivity contribution in [1.29, 1.82) is 0 Å². The quantitative estimate of drug-likeness (QED) is 0.756. The summed E-state index contributed by atoms with van der Waals surface area (Å²) in [6.07, 6.45) is 1.61. The molecule has 0 aliphatic carbocycles. The molecule has 6 heteroatoms. The number of para-hydroxylation sites is 2. The number of hydrogen-bond donors (Lipinski definition) is 1. The van der Waals surface area contributed by atoms with Crippen LogP contribution in [0.2, 0.25) is 0 Å². The molecule has 0 unspecified atom stereocenters. The Bertz CT molecular complexity index is 785. The summed E-state index contributed by atoms with van der Waals surface area (Å²) in [5, 5.41) is 8.88. The van der Waals surface area contributed by atoms with Crippen molar-refractivity contribution in [3.63, 3.8) is 0 Å². The number of carboxylic acids is 1. The Morgan fingerprint density at radius 3 is 2.18 bits per heavy atom. The van der Waals surface area contributed by atoms with Crippen molar-refractivity contribution < 1.29 is 24.2 Å². The maximum Gasteiger partial charge on any atom is 0.303 e. The molecule has 1 N–H and O–H groups in total. The molecule has 2 aromatic rings. The molecule has 1 amide bonds. The number of amides is 1. The van der Waals surface area contributed by atoms with E-state index >= 15 is 0 Å². The molecule has 1 aliphatic heterocycles. The van der Waals surface area contributed by atoms with Crippen LogP contribution < -0.4 is 9.47 Å². The van der Waals surface area contributed by atoms with Crippen LogP contribution in [0.1, 0.15) is 24.8 Å². The molecule has 0 radical (unpaired) electrons. The number of rotatable bonds is 8. The molecule has 1 heterocycles. The first-order valence-electron chi connectivity index (χ1n) is 9.50. The summed E-state index contributed by atoms with van der Waals surface area (Å²) in [6, 6.07) is 17.2. The summed E-state index contributed by atoms with van der Waals surface area (Å²) in [5.41, 5.74) is 1.05. The van der Waals surface area contributed by atoms with Gasteiger partial charge in [0.05, 0.1) is 0 Å². The smallest absolute Gasteiger partial charge is 0.303 e. The zero-order valence-electron chi connectivity index (χ0n) is 15.8. The molecule has 2 aromatic carbocycles. The van der Waals surface area contributed by atoms with Crippen molar-refractivity contribution in [3.8, 4) is 11.5 Å². The van der Waals surface area contributed by atoms with Crippen molar-refractivity contribution >= 4 is 11.9 Å². The Kier molecular flexibility index (Phi) is 6.89. The molecule has 0 atom stereocenters. The topological polar surface area (TPSA) is 76.1 Å². The molecule has 1 aliphatic rings. The standard InChI is InChI=1S/C22H25NO5/c24-21(23-12-10-17(11-13-23)14-22(25)26)16-28-20-9-5-4-8-19(20)27-15-18-6-2-1-3-7-18/h1-9,17H,10-16H2,(H,25,26). The third-order valence-electron chi connectivity index (χ3n) is 4.87. The van der Waals surface area contributed by atoms with Gasteiger partial charge in [-0.2, -0.15) is 0 Å². The van der Waals surface area contributed by atoms with Crippen LogP contribution in [0.4, 0.5) is 0 Å². The minimum Gasteiger partial charge on any atom is -0.485 e. The van der Waals surface area contributed by atoms with Gasteiger partial charge in [-0.05, 0) is 36.5 Å². The van der Waals surface area contributed by atoms with Crippen LogP contribution in [0.25, 0.3) is 0 Å². The maximum atomic E-state index is 12.4. The van der Waals surface area contributed by atoms with E-state index in [1.54, 1.807) is 11.0 Å². The highest BCUT2D eigenvalue weighted by molar-refractivity contribution is 5.78. The number of carboxylic acid groups (broad SMARTS) is 1. The van der Waals surface area contributed by atoms with Crippen LogP contribution in [0, 0.1) is 5.92 Å². The Morgan fingerprint density at radius 2 is 1.54 bits per heavy atom. The van der Waals surface area contributed by atoms with E-state index < -0.39 is 5.97 Å². The fourth-order valence-corrected chi connectivity index (χ4v) is 3.29. The molecule has 0 spiro atoms. The van der Waals surface area contributed by atoms with Crippen molar-refractivity contribution in [3.05, 3.63) is 60.2 Å². The van der Waals surface area contributed by atoms with Gasteiger partial charge in [-0.1, -0.05) is 42.5 Å². The normalized spacial score (nSPS) is 14.5. The van der Waals surface area contributed by atoms with E-state index in [4.69, 9.17) is 14.6 Å². The summed E-state index contributed by atoms with van der Waals surface area (Å²) < 4.78 is 11.6. The largest absolute Gasteiger partial charge is 0.485 e. The molecule has 0 bridgehead atoms. The molecule has 1 fully saturated rings. The van der Waals surface area contributed by atoms with Crippen LogP contribution in [0.15, 0.2) is 54.6 Å². The Balaban J connectivity index is 1.49. The molecular weight excluding hydrogens is 358 g/mol. The predicted molar refractivity (Wildman–Crippen MR) is 104 cm³/mol. The maximum absolute atomic E-state index is 12.4. The van der Waals surface area contributed by atoms with Gasteiger partial charge in [0.15, 0.2) is 18.1 Å². The Labute approximate surface area is 164 Å². The third kappa shape index (κ3) is 5.74. The van der Waals surface area contributed by atoms with E-state index in [9.17, 15) is 9.59 Å². The predicted octanol–water partition coefficient (Wildman–Crippen LogP) is 3.36. The molecule has 0 aromatic heterocycles. The first kappa shape index (κ1) is 19.7. The molecule has 6 nitrogen and oxygen atoms in total. The third-order valence-corrected chi connectivity index (χ3v) is 4.87. The van der Waals surface area contributed by atoms with E-state index in [1.165, 1.54) is 0 Å². The minimum absolute atomic E-state index is 0.0602. The summed E-state index contributed by atoms with van der Waals surface area (Å²) in [5.74, 6) is 0.410. The highest BCUT2D eigenvalue weighted by atomic mass is 16.5. The number of benzene rings is 2. The van der Waals surface area contributed by atoms with Crippen LogP contribution in [0.5, 0.6) is 11.5 Å². The highest BCUT2D eigenvalue weighted by Gasteiger charge is 2.24. The molecule has 148 valence electrons. The Hall–Kier alpha value is -3.02. The monoisotopic (exact) mass is 383 g/mol. The lowest BCUT2D eigenvalue weighted by molar-refractivity contribution is -0.139. The van der Waals surface area contributed by atoms with Crippen molar-refractivity contribution in [2.75, 3.05) is 19.7 Å². The second-order valence-corrected chi connectivity index (χ2v) is 6.93. The summed E-state index contributed by atoms with van der Waals surface area (Å²) in [4.78, 5) is 25.0. The average molecular weight is 383 g/mol. The van der Waals surface area contributed by atoms with E-state index in [0.717, 1.165) is 18.4 Å². The van der Waals surface area contributed by atoms with Gasteiger partial charge in [-0.25, -0.2) is 0 Å². The van der Waals surface area contributed by atoms with Gasteiger partial charge in [0.25, 0.3) is 5.91 Å². The van der Waals surface area contributed by atoms with Gasteiger partial charge in [0, 0.05) is 19.5 Å². The number of nitrogens with zero attached hydrogens (tertiary/aromatic N) is 1. The zero-order chi connectivity index (χ0) is 19.8. The summed E-state index contributed by atoms with van der Waals surface area (Å²) in [7, 11) is 0. The number of piperidine rings is 1. The van der Waals surface area contributed by atoms with Crippen molar-refractivity contribution in [2.24, 2.45) is 5.92 Å². The van der Waals surface area contributed by atoms with Gasteiger partial charge in [0.1, 0.15) is 6.61 Å². The first-order valence-corrected chi connectivity index (χ1v) is 9.50. The van der Waals surface area contributed by atoms with Gasteiger partial charge >= 0.3 is 5.97 Å². The average Bonchev–Trinajstić information content (AvgIpc) is 2.72. The van der Waals surface area contributed by atoms with Crippen LogP contribution in [-0.4, -0.2) is 41.6 Å². The first-order chi connectivity index (χ1) is 13.6. The lowest BCUT2D eigenvalue weighted by Gasteiger charge is -2.31. The number of likely N-dealkylation sites (tertiary alicyclic amines) is 1. The summed E-state index contributed by atoms with van der Waals surface area (Å²) >= 11 is 0. The lowest BCUT2D eigenvalue weighted by Crippen LogP contribution is -2.41. The van der Waals surface area contributed by atoms with Crippen LogP contribution in [-0.2, 0) is 16.2 Å². The van der Waals surface area contributed by atoms with Crippen molar-refractivity contribution in [1.82, 2.24) is 4.90 Å². The van der Waals surface area contributed by atoms with E-state index in [1.807, 2.05) is 48.5 Å². The van der Waals surface area contributed by atoms with E-state index in [0.29, 0.717) is 31.2 Å². The number of aliphatic carboxylic acids is 1. The van der Waals surface area contributed by atoms with E-state index in [-0.39, 0.29) is 24.9 Å². The van der Waals surface area contributed by atoms with Crippen LogP contribution >= 0.6 is 0 Å². The SMILES string of the molecule is O=C(O)CC1CCN(C(=O)COc2ccccc2OCc2ccccc2)CC1. The number of hydrogen-bond acceptors (Lipinski definition) is 4. The second kappa shape index (κ2) is 9.78. The second-order valence-electron chi connectivity index (χ2n) is 6.93. The van der Waals surface area contributed by atoms with Gasteiger partial charge in [-0.15, -0.1) is 0 Å². The van der Waals surface area contributed by atoms with Crippen LogP contribution in [0.3, 0.4) is 0 Å². The minimum atomic E-state index is -0.778. The number of ether oxygens (including phenoxy) is 2.